The van der Waals surface area contributed by atoms with Crippen molar-refractivity contribution >= 4 is 49.1 Å². The van der Waals surface area contributed by atoms with E-state index in [1.807, 2.05) is 71.4 Å². The Bertz CT molecular complexity index is 1240. The number of anilines is 1. The lowest BCUT2D eigenvalue weighted by Gasteiger charge is -2.19. The Hall–Kier alpha value is -2.44. The van der Waals surface area contributed by atoms with Gasteiger partial charge in [0.25, 0.3) is 5.91 Å². The summed E-state index contributed by atoms with van der Waals surface area (Å²) in [5.41, 5.74) is 5.22. The van der Waals surface area contributed by atoms with E-state index in [2.05, 4.69) is 57.9 Å². The number of fused-ring (bicyclic) bond motifs is 1. The smallest absolute Gasteiger partial charge is 0.255 e. The zero-order valence-corrected chi connectivity index (χ0v) is 20.1. The maximum Gasteiger partial charge on any atom is 0.255 e. The summed E-state index contributed by atoms with van der Waals surface area (Å²) in [4.78, 5) is 17.4. The highest BCUT2D eigenvalue weighted by Crippen LogP contribution is 2.28. The molecule has 0 fully saturated rings. The SMILES string of the molecule is CC(C)(C)c1ccc(C(=O)Nc2cccc(-c3cn4cc(Br)cc(Br)c4n3)c2)cc1. The fourth-order valence-corrected chi connectivity index (χ4v) is 4.54. The van der Waals surface area contributed by atoms with E-state index in [9.17, 15) is 4.79 Å². The second-order valence-electron chi connectivity index (χ2n) is 8.23. The van der Waals surface area contributed by atoms with Gasteiger partial charge in [-0.25, -0.2) is 4.98 Å². The highest BCUT2D eigenvalue weighted by atomic mass is 79.9. The van der Waals surface area contributed by atoms with Gasteiger partial charge in [0.15, 0.2) is 5.65 Å². The first-order valence-electron chi connectivity index (χ1n) is 9.57. The molecule has 1 amide bonds. The third kappa shape index (κ3) is 4.35. The van der Waals surface area contributed by atoms with Crippen molar-refractivity contribution in [3.05, 3.63) is 87.1 Å². The predicted molar refractivity (Wildman–Crippen MR) is 129 cm³/mol. The number of aromatic nitrogens is 2. The summed E-state index contributed by atoms with van der Waals surface area (Å²) >= 11 is 7.05. The maximum atomic E-state index is 12.7. The van der Waals surface area contributed by atoms with Crippen LogP contribution in [-0.4, -0.2) is 15.3 Å². The molecular weight excluding hydrogens is 506 g/mol. The predicted octanol–water partition coefficient (Wildman–Crippen LogP) is 7.08. The van der Waals surface area contributed by atoms with Crippen LogP contribution in [0.4, 0.5) is 5.69 Å². The Labute approximate surface area is 192 Å². The summed E-state index contributed by atoms with van der Waals surface area (Å²) in [6.45, 7) is 6.47. The van der Waals surface area contributed by atoms with Crippen molar-refractivity contribution in [2.24, 2.45) is 0 Å². The minimum atomic E-state index is -0.130. The van der Waals surface area contributed by atoms with Crippen LogP contribution in [-0.2, 0) is 5.41 Å². The molecule has 2 heterocycles. The largest absolute Gasteiger partial charge is 0.322 e. The Morgan fingerprint density at radius 1 is 1.00 bits per heavy atom. The number of carbonyl (C=O) groups is 1. The Morgan fingerprint density at radius 2 is 1.73 bits per heavy atom. The highest BCUT2D eigenvalue weighted by Gasteiger charge is 2.15. The molecule has 4 rings (SSSR count). The second kappa shape index (κ2) is 8.00. The lowest BCUT2D eigenvalue weighted by molar-refractivity contribution is 0.102. The van der Waals surface area contributed by atoms with Crippen molar-refractivity contribution in [2.45, 2.75) is 26.2 Å². The third-order valence-electron chi connectivity index (χ3n) is 4.90. The molecule has 0 saturated heterocycles. The van der Waals surface area contributed by atoms with Gasteiger partial charge < -0.3 is 9.72 Å². The zero-order valence-electron chi connectivity index (χ0n) is 16.9. The number of carbonyl (C=O) groups excluding carboxylic acids is 1. The average Bonchev–Trinajstić information content (AvgIpc) is 3.12. The topological polar surface area (TPSA) is 46.4 Å². The van der Waals surface area contributed by atoms with Crippen LogP contribution in [0.15, 0.2) is 75.9 Å². The van der Waals surface area contributed by atoms with Crippen molar-refractivity contribution in [3.8, 4) is 11.3 Å². The molecule has 0 bridgehead atoms. The van der Waals surface area contributed by atoms with Crippen LogP contribution in [0.3, 0.4) is 0 Å². The number of halogens is 2. The standard InChI is InChI=1S/C24H21Br2N3O/c1-24(2,3)17-9-7-15(8-10-17)23(30)27-19-6-4-5-16(11-19)21-14-29-13-18(25)12-20(26)22(29)28-21/h4-14H,1-3H3,(H,27,30). The fourth-order valence-electron chi connectivity index (χ4n) is 3.24. The average molecular weight is 527 g/mol. The van der Waals surface area contributed by atoms with Crippen molar-refractivity contribution in [1.29, 1.82) is 0 Å². The summed E-state index contributed by atoms with van der Waals surface area (Å²) in [5, 5.41) is 2.99. The molecule has 2 aromatic carbocycles. The first-order chi connectivity index (χ1) is 14.2. The van der Waals surface area contributed by atoms with Gasteiger partial charge in [-0.2, -0.15) is 0 Å². The molecule has 0 radical (unpaired) electrons. The van der Waals surface area contributed by atoms with E-state index in [1.54, 1.807) is 0 Å². The molecule has 0 unspecified atom stereocenters. The van der Waals surface area contributed by atoms with E-state index in [-0.39, 0.29) is 11.3 Å². The van der Waals surface area contributed by atoms with E-state index >= 15 is 0 Å². The van der Waals surface area contributed by atoms with Gasteiger partial charge in [-0.3, -0.25) is 4.79 Å². The monoisotopic (exact) mass is 525 g/mol. The van der Waals surface area contributed by atoms with Crippen molar-refractivity contribution < 1.29 is 4.79 Å². The summed E-state index contributed by atoms with van der Waals surface area (Å²) in [7, 11) is 0. The van der Waals surface area contributed by atoms with Gasteiger partial charge in [0.2, 0.25) is 0 Å². The molecule has 4 aromatic rings. The van der Waals surface area contributed by atoms with Crippen molar-refractivity contribution in [2.75, 3.05) is 5.32 Å². The van der Waals surface area contributed by atoms with E-state index in [4.69, 9.17) is 4.98 Å². The summed E-state index contributed by atoms with van der Waals surface area (Å²) in [6.07, 6.45) is 3.93. The van der Waals surface area contributed by atoms with Crippen LogP contribution in [0.25, 0.3) is 16.9 Å². The van der Waals surface area contributed by atoms with E-state index in [0.29, 0.717) is 5.56 Å². The molecule has 0 aliphatic carbocycles. The number of hydrogen-bond donors (Lipinski definition) is 1. The highest BCUT2D eigenvalue weighted by molar-refractivity contribution is 9.11. The van der Waals surface area contributed by atoms with Crippen LogP contribution in [0, 0.1) is 0 Å². The molecule has 30 heavy (non-hydrogen) atoms. The van der Waals surface area contributed by atoms with Crippen molar-refractivity contribution in [1.82, 2.24) is 9.38 Å². The molecule has 0 saturated carbocycles. The normalized spacial score (nSPS) is 11.6. The van der Waals surface area contributed by atoms with Crippen LogP contribution >= 0.6 is 31.9 Å². The molecule has 6 heteroatoms. The summed E-state index contributed by atoms with van der Waals surface area (Å²) in [6, 6.07) is 17.5. The van der Waals surface area contributed by atoms with Gasteiger partial charge >= 0.3 is 0 Å². The van der Waals surface area contributed by atoms with E-state index < -0.39 is 0 Å². The first-order valence-corrected chi connectivity index (χ1v) is 11.2. The van der Waals surface area contributed by atoms with Gasteiger partial charge in [0.1, 0.15) is 0 Å². The third-order valence-corrected chi connectivity index (χ3v) is 5.92. The van der Waals surface area contributed by atoms with Crippen LogP contribution < -0.4 is 5.32 Å². The Balaban J connectivity index is 1.58. The molecule has 4 nitrogen and oxygen atoms in total. The zero-order chi connectivity index (χ0) is 21.5. The molecule has 0 atom stereocenters. The quantitative estimate of drug-likeness (QED) is 0.310. The molecule has 0 aliphatic heterocycles. The number of benzene rings is 2. The molecule has 2 aromatic heterocycles. The second-order valence-corrected chi connectivity index (χ2v) is 10.00. The minimum absolute atomic E-state index is 0.0576. The van der Waals surface area contributed by atoms with Gasteiger partial charge in [-0.05, 0) is 73.2 Å². The molecule has 152 valence electrons. The molecular formula is C24H21Br2N3O. The van der Waals surface area contributed by atoms with Gasteiger partial charge in [0, 0.05) is 33.7 Å². The number of rotatable bonds is 3. The van der Waals surface area contributed by atoms with Gasteiger partial charge in [0.05, 0.1) is 10.2 Å². The number of hydrogen-bond acceptors (Lipinski definition) is 2. The number of amides is 1. The summed E-state index contributed by atoms with van der Waals surface area (Å²) < 4.78 is 3.83. The molecule has 0 spiro atoms. The first kappa shape index (κ1) is 20.8. The number of nitrogens with one attached hydrogen (secondary N) is 1. The van der Waals surface area contributed by atoms with Crippen molar-refractivity contribution in [3.63, 3.8) is 0 Å². The number of imidazole rings is 1. The van der Waals surface area contributed by atoms with E-state index in [1.165, 1.54) is 5.56 Å². The molecule has 0 aliphatic rings. The fraction of sp³-hybridized carbons (Fsp3) is 0.167. The number of pyridine rings is 1. The summed E-state index contributed by atoms with van der Waals surface area (Å²) in [5.74, 6) is -0.130. The lowest BCUT2D eigenvalue weighted by Crippen LogP contribution is -2.14. The van der Waals surface area contributed by atoms with Crippen LogP contribution in [0.5, 0.6) is 0 Å². The Kier molecular flexibility index (Phi) is 5.55. The van der Waals surface area contributed by atoms with Crippen LogP contribution in [0.1, 0.15) is 36.7 Å². The van der Waals surface area contributed by atoms with Crippen LogP contribution in [0.2, 0.25) is 0 Å². The lowest BCUT2D eigenvalue weighted by atomic mass is 9.87. The molecule has 1 N–H and O–H groups in total. The number of nitrogens with zero attached hydrogens (tertiary/aromatic N) is 2. The van der Waals surface area contributed by atoms with Gasteiger partial charge in [-0.1, -0.05) is 45.0 Å². The minimum Gasteiger partial charge on any atom is -0.322 e. The van der Waals surface area contributed by atoms with E-state index in [0.717, 1.165) is 31.5 Å². The van der Waals surface area contributed by atoms with Gasteiger partial charge in [-0.15, -0.1) is 0 Å². The maximum absolute atomic E-state index is 12.7. The Morgan fingerprint density at radius 3 is 2.43 bits per heavy atom.